The molecule has 1 aliphatic rings. The van der Waals surface area contributed by atoms with E-state index in [1.54, 1.807) is 17.8 Å². The highest BCUT2D eigenvalue weighted by atomic mass is 32.1. The summed E-state index contributed by atoms with van der Waals surface area (Å²) in [4.78, 5) is 30.6. The standard InChI is InChI=1S/C17H22N6O2S/c1-11(2)15(24)20-13-4-3-7-23(9-13)14-6-5-12(8-18-14)16(25)21-17-22-19-10-26-17/h5-6,8,10-11,13H,3-4,7,9H2,1-2H3,(H,20,24)(H,21,22,25). The van der Waals surface area contributed by atoms with Crippen LogP contribution in [0, 0.1) is 5.92 Å². The predicted octanol–water partition coefficient (Wildman–Crippen LogP) is 1.93. The van der Waals surface area contributed by atoms with Crippen LogP contribution in [0.5, 0.6) is 0 Å². The van der Waals surface area contributed by atoms with E-state index in [4.69, 9.17) is 0 Å². The number of anilines is 2. The molecule has 1 saturated heterocycles. The number of aromatic nitrogens is 3. The van der Waals surface area contributed by atoms with Crippen molar-refractivity contribution in [2.24, 2.45) is 5.92 Å². The normalized spacial score (nSPS) is 17.2. The fourth-order valence-corrected chi connectivity index (χ4v) is 3.22. The van der Waals surface area contributed by atoms with Crippen LogP contribution < -0.4 is 15.5 Å². The van der Waals surface area contributed by atoms with Crippen LogP contribution in [-0.4, -0.2) is 46.1 Å². The molecule has 1 atom stereocenters. The molecule has 26 heavy (non-hydrogen) atoms. The summed E-state index contributed by atoms with van der Waals surface area (Å²) in [5, 5.41) is 13.7. The van der Waals surface area contributed by atoms with Gasteiger partial charge in [0.1, 0.15) is 11.3 Å². The van der Waals surface area contributed by atoms with Gasteiger partial charge in [-0.1, -0.05) is 25.2 Å². The van der Waals surface area contributed by atoms with Crippen LogP contribution in [0.25, 0.3) is 0 Å². The molecule has 0 radical (unpaired) electrons. The zero-order valence-electron chi connectivity index (χ0n) is 14.8. The van der Waals surface area contributed by atoms with Crippen molar-refractivity contribution in [3.63, 3.8) is 0 Å². The SMILES string of the molecule is CC(C)C(=O)NC1CCCN(c2ccc(C(=O)Nc3nncs3)cn2)C1. The Morgan fingerprint density at radius 2 is 2.19 bits per heavy atom. The number of hydrogen-bond acceptors (Lipinski definition) is 7. The van der Waals surface area contributed by atoms with E-state index >= 15 is 0 Å². The van der Waals surface area contributed by atoms with Crippen LogP contribution in [0.1, 0.15) is 37.0 Å². The molecular formula is C17H22N6O2S. The van der Waals surface area contributed by atoms with Crippen LogP contribution in [0.2, 0.25) is 0 Å². The Morgan fingerprint density at radius 3 is 2.85 bits per heavy atom. The number of rotatable bonds is 5. The number of amides is 2. The third-order valence-corrected chi connectivity index (χ3v) is 4.81. The lowest BCUT2D eigenvalue weighted by atomic mass is 10.0. The Morgan fingerprint density at radius 1 is 1.35 bits per heavy atom. The number of hydrogen-bond donors (Lipinski definition) is 2. The highest BCUT2D eigenvalue weighted by Crippen LogP contribution is 2.19. The summed E-state index contributed by atoms with van der Waals surface area (Å²) >= 11 is 1.26. The second-order valence-electron chi connectivity index (χ2n) is 6.55. The summed E-state index contributed by atoms with van der Waals surface area (Å²) in [6.07, 6.45) is 3.52. The molecule has 0 spiro atoms. The summed E-state index contributed by atoms with van der Waals surface area (Å²) in [7, 11) is 0. The second kappa shape index (κ2) is 8.22. The first kappa shape index (κ1) is 18.2. The molecule has 2 aromatic heterocycles. The average molecular weight is 374 g/mol. The van der Waals surface area contributed by atoms with Crippen molar-refractivity contribution in [2.75, 3.05) is 23.3 Å². The quantitative estimate of drug-likeness (QED) is 0.829. The molecule has 0 aliphatic carbocycles. The maximum Gasteiger partial charge on any atom is 0.259 e. The van der Waals surface area contributed by atoms with Gasteiger partial charge in [-0.05, 0) is 25.0 Å². The Bertz CT molecular complexity index is 747. The number of piperidine rings is 1. The average Bonchev–Trinajstić information content (AvgIpc) is 3.15. The molecule has 3 rings (SSSR count). The summed E-state index contributed by atoms with van der Waals surface area (Å²) < 4.78 is 0. The van der Waals surface area contributed by atoms with Crippen molar-refractivity contribution in [1.82, 2.24) is 20.5 Å². The molecule has 2 amide bonds. The molecule has 0 aromatic carbocycles. The van der Waals surface area contributed by atoms with Crippen molar-refractivity contribution in [3.8, 4) is 0 Å². The first-order chi connectivity index (χ1) is 12.5. The molecule has 1 aliphatic heterocycles. The van der Waals surface area contributed by atoms with Crippen molar-refractivity contribution in [3.05, 3.63) is 29.4 Å². The fraction of sp³-hybridized carbons (Fsp3) is 0.471. The van der Waals surface area contributed by atoms with Gasteiger partial charge in [-0.3, -0.25) is 14.9 Å². The molecule has 8 nitrogen and oxygen atoms in total. The minimum Gasteiger partial charge on any atom is -0.355 e. The molecule has 9 heteroatoms. The lowest BCUT2D eigenvalue weighted by molar-refractivity contribution is -0.124. The first-order valence-electron chi connectivity index (χ1n) is 8.62. The van der Waals surface area contributed by atoms with Crippen molar-refractivity contribution in [2.45, 2.75) is 32.7 Å². The molecule has 0 saturated carbocycles. The monoisotopic (exact) mass is 374 g/mol. The second-order valence-corrected chi connectivity index (χ2v) is 7.38. The molecule has 2 N–H and O–H groups in total. The van der Waals surface area contributed by atoms with Crippen LogP contribution in [0.3, 0.4) is 0 Å². The van der Waals surface area contributed by atoms with E-state index in [2.05, 4.69) is 30.7 Å². The molecule has 1 fully saturated rings. The van der Waals surface area contributed by atoms with E-state index in [1.165, 1.54) is 11.3 Å². The number of pyridine rings is 1. The zero-order valence-corrected chi connectivity index (χ0v) is 15.6. The Balaban J connectivity index is 1.60. The Hall–Kier alpha value is -2.55. The van der Waals surface area contributed by atoms with E-state index < -0.39 is 0 Å². The van der Waals surface area contributed by atoms with Gasteiger partial charge in [0.05, 0.1) is 5.56 Å². The number of carbonyl (C=O) groups excluding carboxylic acids is 2. The van der Waals surface area contributed by atoms with E-state index in [-0.39, 0.29) is 23.8 Å². The van der Waals surface area contributed by atoms with Gasteiger partial charge in [0, 0.05) is 31.2 Å². The summed E-state index contributed by atoms with van der Waals surface area (Å²) in [6.45, 7) is 5.39. The maximum atomic E-state index is 12.2. The van der Waals surface area contributed by atoms with Gasteiger partial charge >= 0.3 is 0 Å². The summed E-state index contributed by atoms with van der Waals surface area (Å²) in [6, 6.07) is 3.71. The number of nitrogens with one attached hydrogen (secondary N) is 2. The predicted molar refractivity (Wildman–Crippen MR) is 100 cm³/mol. The highest BCUT2D eigenvalue weighted by molar-refractivity contribution is 7.13. The van der Waals surface area contributed by atoms with Gasteiger partial charge in [0.15, 0.2) is 0 Å². The number of carbonyl (C=O) groups is 2. The Kier molecular flexibility index (Phi) is 5.77. The van der Waals surface area contributed by atoms with E-state index in [0.29, 0.717) is 10.7 Å². The van der Waals surface area contributed by atoms with Crippen molar-refractivity contribution >= 4 is 34.1 Å². The van der Waals surface area contributed by atoms with E-state index in [9.17, 15) is 9.59 Å². The van der Waals surface area contributed by atoms with Gasteiger partial charge in [0.25, 0.3) is 5.91 Å². The maximum absolute atomic E-state index is 12.2. The highest BCUT2D eigenvalue weighted by Gasteiger charge is 2.23. The molecule has 0 bridgehead atoms. The van der Waals surface area contributed by atoms with Crippen molar-refractivity contribution in [1.29, 1.82) is 0 Å². The lowest BCUT2D eigenvalue weighted by Crippen LogP contribution is -2.49. The third kappa shape index (κ3) is 4.54. The van der Waals surface area contributed by atoms with Gasteiger partial charge in [0.2, 0.25) is 11.0 Å². The van der Waals surface area contributed by atoms with Crippen LogP contribution in [0.15, 0.2) is 23.8 Å². The van der Waals surface area contributed by atoms with E-state index in [1.807, 2.05) is 19.9 Å². The topological polar surface area (TPSA) is 100 Å². The summed E-state index contributed by atoms with van der Waals surface area (Å²) in [5.74, 6) is 0.602. The van der Waals surface area contributed by atoms with Gasteiger partial charge in [-0.2, -0.15) is 0 Å². The van der Waals surface area contributed by atoms with E-state index in [0.717, 1.165) is 31.7 Å². The van der Waals surface area contributed by atoms with Crippen LogP contribution in [-0.2, 0) is 4.79 Å². The minimum absolute atomic E-state index is 0.0191. The zero-order chi connectivity index (χ0) is 18.5. The van der Waals surface area contributed by atoms with Crippen LogP contribution >= 0.6 is 11.3 Å². The lowest BCUT2D eigenvalue weighted by Gasteiger charge is -2.34. The third-order valence-electron chi connectivity index (χ3n) is 4.21. The largest absolute Gasteiger partial charge is 0.355 e. The van der Waals surface area contributed by atoms with Gasteiger partial charge in [-0.25, -0.2) is 4.98 Å². The van der Waals surface area contributed by atoms with Crippen molar-refractivity contribution < 1.29 is 9.59 Å². The van der Waals surface area contributed by atoms with Crippen LogP contribution in [0.4, 0.5) is 10.9 Å². The smallest absolute Gasteiger partial charge is 0.259 e. The molecule has 2 aromatic rings. The molecule has 138 valence electrons. The molecular weight excluding hydrogens is 352 g/mol. The molecule has 3 heterocycles. The summed E-state index contributed by atoms with van der Waals surface area (Å²) in [5.41, 5.74) is 2.02. The van der Waals surface area contributed by atoms with Gasteiger partial charge in [-0.15, -0.1) is 10.2 Å². The van der Waals surface area contributed by atoms with Gasteiger partial charge < -0.3 is 10.2 Å². The minimum atomic E-state index is -0.262. The fourth-order valence-electron chi connectivity index (χ4n) is 2.78. The first-order valence-corrected chi connectivity index (χ1v) is 9.50. The Labute approximate surface area is 156 Å². The molecule has 1 unspecified atom stereocenters. The number of nitrogens with zero attached hydrogens (tertiary/aromatic N) is 4.